The van der Waals surface area contributed by atoms with Crippen LogP contribution in [-0.2, 0) is 9.53 Å². The molecule has 0 radical (unpaired) electrons. The number of rotatable bonds is 7. The van der Waals surface area contributed by atoms with Gasteiger partial charge in [-0.2, -0.15) is 0 Å². The molecule has 1 unspecified atom stereocenters. The fourth-order valence-corrected chi connectivity index (χ4v) is 1.90. The van der Waals surface area contributed by atoms with Gasteiger partial charge in [-0.05, 0) is 30.2 Å². The maximum Gasteiger partial charge on any atom is 0.323 e. The van der Waals surface area contributed by atoms with Gasteiger partial charge in [0.15, 0.2) is 0 Å². The van der Waals surface area contributed by atoms with Crippen molar-refractivity contribution < 1.29 is 14.3 Å². The second-order valence-corrected chi connectivity index (χ2v) is 5.42. The molecule has 0 fully saturated rings. The SMILES string of the molecule is COC(=O)C(NCCOc1ccc(Br)cc1)C(C)C. The Balaban J connectivity index is 2.32. The van der Waals surface area contributed by atoms with Crippen LogP contribution in [0.5, 0.6) is 5.75 Å². The quantitative estimate of drug-likeness (QED) is 0.617. The fraction of sp³-hybridized carbons (Fsp3) is 0.500. The Kier molecular flexibility index (Phi) is 6.87. The average molecular weight is 330 g/mol. The van der Waals surface area contributed by atoms with Crippen LogP contribution in [-0.4, -0.2) is 32.3 Å². The molecular formula is C14H20BrNO3. The summed E-state index contributed by atoms with van der Waals surface area (Å²) in [4.78, 5) is 11.5. The summed E-state index contributed by atoms with van der Waals surface area (Å²) in [6.07, 6.45) is 0. The van der Waals surface area contributed by atoms with E-state index < -0.39 is 0 Å². The van der Waals surface area contributed by atoms with Crippen LogP contribution in [0.15, 0.2) is 28.7 Å². The van der Waals surface area contributed by atoms with E-state index in [-0.39, 0.29) is 17.9 Å². The summed E-state index contributed by atoms with van der Waals surface area (Å²) in [7, 11) is 1.40. The van der Waals surface area contributed by atoms with Gasteiger partial charge in [-0.3, -0.25) is 4.79 Å². The van der Waals surface area contributed by atoms with Crippen molar-refractivity contribution in [1.82, 2.24) is 5.32 Å². The molecule has 1 rings (SSSR count). The number of methoxy groups -OCH3 is 1. The van der Waals surface area contributed by atoms with E-state index in [0.29, 0.717) is 13.2 Å². The molecule has 0 amide bonds. The maximum absolute atomic E-state index is 11.5. The molecular weight excluding hydrogens is 310 g/mol. The molecule has 1 aromatic rings. The summed E-state index contributed by atoms with van der Waals surface area (Å²) < 4.78 is 11.3. The van der Waals surface area contributed by atoms with Crippen LogP contribution in [0.2, 0.25) is 0 Å². The molecule has 0 spiro atoms. The largest absolute Gasteiger partial charge is 0.492 e. The molecule has 0 saturated heterocycles. The van der Waals surface area contributed by atoms with Crippen molar-refractivity contribution in [3.05, 3.63) is 28.7 Å². The second kappa shape index (κ2) is 8.17. The van der Waals surface area contributed by atoms with Crippen molar-refractivity contribution in [2.24, 2.45) is 5.92 Å². The first-order valence-corrected chi connectivity index (χ1v) is 7.03. The molecule has 0 bridgehead atoms. The van der Waals surface area contributed by atoms with Crippen LogP contribution >= 0.6 is 15.9 Å². The Morgan fingerprint density at radius 3 is 2.47 bits per heavy atom. The molecule has 0 heterocycles. The molecule has 1 atom stereocenters. The van der Waals surface area contributed by atoms with Gasteiger partial charge in [-0.15, -0.1) is 0 Å². The average Bonchev–Trinajstić information content (AvgIpc) is 2.39. The number of carbonyl (C=O) groups excluding carboxylic acids is 1. The number of ether oxygens (including phenoxy) is 2. The first kappa shape index (κ1) is 16.0. The van der Waals surface area contributed by atoms with Gasteiger partial charge in [0.05, 0.1) is 7.11 Å². The zero-order valence-electron chi connectivity index (χ0n) is 11.5. The summed E-state index contributed by atoms with van der Waals surface area (Å²) >= 11 is 3.37. The fourth-order valence-electron chi connectivity index (χ4n) is 1.63. The van der Waals surface area contributed by atoms with Gasteiger partial charge in [0.1, 0.15) is 18.4 Å². The highest BCUT2D eigenvalue weighted by molar-refractivity contribution is 9.10. The number of benzene rings is 1. The highest BCUT2D eigenvalue weighted by atomic mass is 79.9. The topological polar surface area (TPSA) is 47.6 Å². The summed E-state index contributed by atoms with van der Waals surface area (Å²) in [5.41, 5.74) is 0. The first-order valence-electron chi connectivity index (χ1n) is 6.24. The molecule has 1 aromatic carbocycles. The molecule has 1 N–H and O–H groups in total. The number of hydrogen-bond donors (Lipinski definition) is 1. The second-order valence-electron chi connectivity index (χ2n) is 4.50. The number of hydrogen-bond acceptors (Lipinski definition) is 4. The number of esters is 1. The molecule has 0 aliphatic rings. The molecule has 0 saturated carbocycles. The molecule has 4 nitrogen and oxygen atoms in total. The van der Waals surface area contributed by atoms with Crippen molar-refractivity contribution in [3.63, 3.8) is 0 Å². The summed E-state index contributed by atoms with van der Waals surface area (Å²) in [6.45, 7) is 5.05. The van der Waals surface area contributed by atoms with Gasteiger partial charge in [-0.1, -0.05) is 29.8 Å². The van der Waals surface area contributed by atoms with Crippen molar-refractivity contribution >= 4 is 21.9 Å². The predicted octanol–water partition coefficient (Wildman–Crippen LogP) is 2.62. The zero-order chi connectivity index (χ0) is 14.3. The van der Waals surface area contributed by atoms with E-state index in [1.807, 2.05) is 38.1 Å². The van der Waals surface area contributed by atoms with E-state index in [1.54, 1.807) is 0 Å². The minimum Gasteiger partial charge on any atom is -0.492 e. The van der Waals surface area contributed by atoms with Gasteiger partial charge in [-0.25, -0.2) is 0 Å². The Morgan fingerprint density at radius 2 is 1.95 bits per heavy atom. The lowest BCUT2D eigenvalue weighted by molar-refractivity contribution is -0.144. The predicted molar refractivity (Wildman–Crippen MR) is 78.3 cm³/mol. The van der Waals surface area contributed by atoms with E-state index >= 15 is 0 Å². The first-order chi connectivity index (χ1) is 9.04. The van der Waals surface area contributed by atoms with Crippen molar-refractivity contribution in [1.29, 1.82) is 0 Å². The minimum absolute atomic E-state index is 0.181. The van der Waals surface area contributed by atoms with Gasteiger partial charge >= 0.3 is 5.97 Å². The van der Waals surface area contributed by atoms with Crippen LogP contribution < -0.4 is 10.1 Å². The van der Waals surface area contributed by atoms with E-state index in [4.69, 9.17) is 9.47 Å². The number of halogens is 1. The van der Waals surface area contributed by atoms with E-state index in [2.05, 4.69) is 21.2 Å². The van der Waals surface area contributed by atoms with Crippen LogP contribution in [0.25, 0.3) is 0 Å². The third-order valence-electron chi connectivity index (χ3n) is 2.67. The van der Waals surface area contributed by atoms with Crippen LogP contribution in [0.1, 0.15) is 13.8 Å². The third-order valence-corrected chi connectivity index (χ3v) is 3.20. The van der Waals surface area contributed by atoms with Gasteiger partial charge < -0.3 is 14.8 Å². The Labute approximate surface area is 122 Å². The van der Waals surface area contributed by atoms with Crippen LogP contribution in [0.4, 0.5) is 0 Å². The van der Waals surface area contributed by atoms with Crippen molar-refractivity contribution in [2.75, 3.05) is 20.3 Å². The molecule has 106 valence electrons. The number of carbonyl (C=O) groups is 1. The monoisotopic (exact) mass is 329 g/mol. The molecule has 19 heavy (non-hydrogen) atoms. The van der Waals surface area contributed by atoms with E-state index in [9.17, 15) is 4.79 Å². The minimum atomic E-state index is -0.293. The van der Waals surface area contributed by atoms with Gasteiger partial charge in [0, 0.05) is 11.0 Å². The zero-order valence-corrected chi connectivity index (χ0v) is 13.1. The third kappa shape index (κ3) is 5.61. The summed E-state index contributed by atoms with van der Waals surface area (Å²) in [5, 5.41) is 3.14. The standard InChI is InChI=1S/C14H20BrNO3/c1-10(2)13(14(17)18-3)16-8-9-19-12-6-4-11(15)5-7-12/h4-7,10,13,16H,8-9H2,1-3H3. The Morgan fingerprint density at radius 1 is 1.32 bits per heavy atom. The van der Waals surface area contributed by atoms with Crippen molar-refractivity contribution in [2.45, 2.75) is 19.9 Å². The Bertz CT molecular complexity index is 392. The van der Waals surface area contributed by atoms with Crippen LogP contribution in [0, 0.1) is 5.92 Å². The maximum atomic E-state index is 11.5. The molecule has 0 aliphatic heterocycles. The highest BCUT2D eigenvalue weighted by Crippen LogP contribution is 2.15. The van der Waals surface area contributed by atoms with Gasteiger partial charge in [0.2, 0.25) is 0 Å². The lowest BCUT2D eigenvalue weighted by Gasteiger charge is -2.19. The number of nitrogens with one attached hydrogen (secondary N) is 1. The van der Waals surface area contributed by atoms with E-state index in [1.165, 1.54) is 7.11 Å². The lowest BCUT2D eigenvalue weighted by Crippen LogP contribution is -2.43. The molecule has 0 aliphatic carbocycles. The highest BCUT2D eigenvalue weighted by Gasteiger charge is 2.21. The molecule has 0 aromatic heterocycles. The lowest BCUT2D eigenvalue weighted by atomic mass is 10.1. The summed E-state index contributed by atoms with van der Waals surface area (Å²) in [5.74, 6) is 0.753. The Hall–Kier alpha value is -1.07. The summed E-state index contributed by atoms with van der Waals surface area (Å²) in [6, 6.07) is 7.34. The van der Waals surface area contributed by atoms with Crippen LogP contribution in [0.3, 0.4) is 0 Å². The normalized spacial score (nSPS) is 12.3. The van der Waals surface area contributed by atoms with Gasteiger partial charge in [0.25, 0.3) is 0 Å². The van der Waals surface area contributed by atoms with Crippen molar-refractivity contribution in [3.8, 4) is 5.75 Å². The molecule has 5 heteroatoms. The van der Waals surface area contributed by atoms with E-state index in [0.717, 1.165) is 10.2 Å². The smallest absolute Gasteiger partial charge is 0.323 e.